The van der Waals surface area contributed by atoms with E-state index in [4.69, 9.17) is 0 Å². The summed E-state index contributed by atoms with van der Waals surface area (Å²) in [5.74, 6) is 0. The van der Waals surface area contributed by atoms with Gasteiger partial charge in [-0.2, -0.15) is 0 Å². The third-order valence-electron chi connectivity index (χ3n) is 18.9. The van der Waals surface area contributed by atoms with Gasteiger partial charge < -0.3 is 29.4 Å². The summed E-state index contributed by atoms with van der Waals surface area (Å²) in [5, 5.41) is 12.5. The van der Waals surface area contributed by atoms with E-state index in [1.54, 1.807) is 0 Å². The van der Waals surface area contributed by atoms with Crippen LogP contribution in [0.3, 0.4) is 0 Å². The number of nitrogens with zero attached hydrogens (tertiary/aromatic N) is 6. The van der Waals surface area contributed by atoms with E-state index < -0.39 is 0 Å². The Labute approximate surface area is 592 Å². The molecule has 17 aromatic rings. The number of anilines is 15. The first-order valence-electron chi connectivity index (χ1n) is 34.4. The Hall–Kier alpha value is -13.2. The van der Waals surface area contributed by atoms with Crippen molar-refractivity contribution in [1.29, 1.82) is 0 Å². The van der Waals surface area contributed by atoms with Crippen molar-refractivity contribution in [2.45, 2.75) is 0 Å². The maximum Gasteiger partial charge on any atom is 0.0487 e. The first kappa shape index (κ1) is 63.9. The number of hydrogen-bond donors (Lipinski definition) is 0. The zero-order valence-corrected chi connectivity index (χ0v) is 56.9. The zero-order valence-electron chi connectivity index (χ0n) is 56.9. The molecule has 0 saturated heterocycles. The Morgan fingerprint density at radius 2 is 0.356 bits per heavy atom. The molecule has 0 aliphatic heterocycles. The fourth-order valence-corrected chi connectivity index (χ4v) is 13.5. The Morgan fingerprint density at radius 3 is 0.713 bits per heavy atom. The molecule has 0 bridgehead atoms. The molecule has 0 N–H and O–H groups in total. The highest BCUT2D eigenvalue weighted by molar-refractivity contribution is 5.97. The summed E-state index contributed by atoms with van der Waals surface area (Å²) in [5.41, 5.74) is 17.2. The summed E-state index contributed by atoms with van der Waals surface area (Å²) in [6.45, 7) is 0. The lowest BCUT2D eigenvalue weighted by atomic mass is 10.1. The van der Waals surface area contributed by atoms with E-state index in [2.05, 4.69) is 451 Å². The monoisotopic (exact) mass is 1300 g/mol. The van der Waals surface area contributed by atoms with Gasteiger partial charge in [-0.1, -0.05) is 231 Å². The molecule has 6 heteroatoms. The van der Waals surface area contributed by atoms with Gasteiger partial charge in [-0.05, 0) is 224 Å². The van der Waals surface area contributed by atoms with Gasteiger partial charge in [0.25, 0.3) is 0 Å². The van der Waals surface area contributed by atoms with Crippen LogP contribution in [-0.4, -0.2) is 21.1 Å². The Bertz CT molecular complexity index is 5590. The van der Waals surface area contributed by atoms with Gasteiger partial charge in [0, 0.05) is 112 Å². The molecule has 0 aliphatic carbocycles. The van der Waals surface area contributed by atoms with Crippen LogP contribution in [0.2, 0.25) is 0 Å². The maximum absolute atomic E-state index is 2.31. The van der Waals surface area contributed by atoms with Gasteiger partial charge in [-0.3, -0.25) is 0 Å². The van der Waals surface area contributed by atoms with Crippen LogP contribution in [0.15, 0.2) is 406 Å². The van der Waals surface area contributed by atoms with Crippen molar-refractivity contribution >= 4 is 139 Å². The quantitative estimate of drug-likeness (QED) is 0.101. The van der Waals surface area contributed by atoms with Crippen LogP contribution < -0.4 is 29.4 Å². The molecule has 101 heavy (non-hydrogen) atoms. The molecule has 0 aliphatic rings. The molecule has 0 spiro atoms. The molecular formula is C95H76N6. The summed E-state index contributed by atoms with van der Waals surface area (Å²) in [7, 11) is 6.36. The van der Waals surface area contributed by atoms with E-state index in [9.17, 15) is 0 Å². The van der Waals surface area contributed by atoms with Gasteiger partial charge in [0.1, 0.15) is 0 Å². The normalized spacial score (nSPS) is 10.9. The number of hydrogen-bond acceptors (Lipinski definition) is 6. The van der Waals surface area contributed by atoms with Crippen molar-refractivity contribution in [3.8, 4) is 0 Å². The van der Waals surface area contributed by atoms with E-state index in [-0.39, 0.29) is 0 Å². The average Bonchev–Trinajstić information content (AvgIpc) is 0.823. The van der Waals surface area contributed by atoms with Crippen LogP contribution >= 0.6 is 0 Å². The van der Waals surface area contributed by atoms with Crippen molar-refractivity contribution in [3.05, 3.63) is 406 Å². The molecule has 0 unspecified atom stereocenters. The fourth-order valence-electron chi connectivity index (χ4n) is 13.5. The van der Waals surface area contributed by atoms with Crippen LogP contribution in [0.4, 0.5) is 85.3 Å². The minimum absolute atomic E-state index is 1.13. The van der Waals surface area contributed by atoms with Crippen LogP contribution in [0.25, 0.3) is 53.9 Å². The molecule has 0 radical (unpaired) electrons. The first-order chi connectivity index (χ1) is 49.8. The minimum atomic E-state index is 1.13. The van der Waals surface area contributed by atoms with Crippen LogP contribution in [0.1, 0.15) is 0 Å². The van der Waals surface area contributed by atoms with Crippen LogP contribution in [-0.2, 0) is 0 Å². The predicted molar refractivity (Wildman–Crippen MR) is 434 cm³/mol. The van der Waals surface area contributed by atoms with Gasteiger partial charge in [0.2, 0.25) is 0 Å². The Morgan fingerprint density at radius 1 is 0.139 bits per heavy atom. The molecule has 0 atom stereocenters. The summed E-state index contributed by atoms with van der Waals surface area (Å²) in [6.07, 6.45) is 0. The summed E-state index contributed by atoms with van der Waals surface area (Å²) in [6, 6.07) is 144. The van der Waals surface area contributed by atoms with Crippen molar-refractivity contribution in [2.24, 2.45) is 0 Å². The van der Waals surface area contributed by atoms with E-state index in [0.29, 0.717) is 0 Å². The molecule has 486 valence electrons. The second-order valence-corrected chi connectivity index (χ2v) is 25.2. The SMILES string of the molecule is CN(c1ccc(N(c2ccccc2)c2ccc3ccccc3c2)cc1)c1ccc2ccccc2c1.CN(c1ccc(N(c2ccccc2)c2ccc3ccccc3c2)cc1)c1cccc2ccccc12.CN(c1ccccc1)c1ccc(N(c2ccccc2)c2ccc3ccccc3c2)cc1. The van der Waals surface area contributed by atoms with Crippen molar-refractivity contribution in [3.63, 3.8) is 0 Å². The third-order valence-corrected chi connectivity index (χ3v) is 18.9. The van der Waals surface area contributed by atoms with E-state index in [0.717, 1.165) is 68.2 Å². The maximum atomic E-state index is 2.31. The molecule has 0 fully saturated rings. The van der Waals surface area contributed by atoms with E-state index in [1.807, 2.05) is 6.07 Å². The highest BCUT2D eigenvalue weighted by Crippen LogP contribution is 2.42. The zero-order chi connectivity index (χ0) is 68.3. The molecule has 0 amide bonds. The highest BCUT2D eigenvalue weighted by atomic mass is 15.2. The van der Waals surface area contributed by atoms with E-state index >= 15 is 0 Å². The van der Waals surface area contributed by atoms with Gasteiger partial charge in [0.15, 0.2) is 0 Å². The molecule has 0 heterocycles. The lowest BCUT2D eigenvalue weighted by Gasteiger charge is -2.27. The van der Waals surface area contributed by atoms with Crippen molar-refractivity contribution in [1.82, 2.24) is 0 Å². The van der Waals surface area contributed by atoms with Crippen molar-refractivity contribution in [2.75, 3.05) is 50.5 Å². The number of rotatable bonds is 15. The van der Waals surface area contributed by atoms with Crippen molar-refractivity contribution < 1.29 is 0 Å². The summed E-state index contributed by atoms with van der Waals surface area (Å²) >= 11 is 0. The second-order valence-electron chi connectivity index (χ2n) is 25.2. The van der Waals surface area contributed by atoms with Crippen LogP contribution in [0.5, 0.6) is 0 Å². The number of benzene rings is 17. The molecule has 17 rings (SSSR count). The topological polar surface area (TPSA) is 19.4 Å². The summed E-state index contributed by atoms with van der Waals surface area (Å²) < 4.78 is 0. The second kappa shape index (κ2) is 29.7. The number of para-hydroxylation sites is 4. The average molecular weight is 1300 g/mol. The smallest absolute Gasteiger partial charge is 0.0487 e. The largest absolute Gasteiger partial charge is 0.345 e. The highest BCUT2D eigenvalue weighted by Gasteiger charge is 2.18. The van der Waals surface area contributed by atoms with Gasteiger partial charge in [0.05, 0.1) is 0 Å². The molecular weight excluding hydrogens is 1230 g/mol. The molecule has 0 aromatic heterocycles. The molecule has 17 aromatic carbocycles. The lowest BCUT2D eigenvalue weighted by Crippen LogP contribution is -2.12. The third kappa shape index (κ3) is 14.2. The Kier molecular flexibility index (Phi) is 18.8. The first-order valence-corrected chi connectivity index (χ1v) is 34.4. The van der Waals surface area contributed by atoms with Gasteiger partial charge in [-0.15, -0.1) is 0 Å². The standard InChI is InChI=1S/2C33H26N2.C29H24N2/c1-34(32-17-15-25-9-5-7-11-27(25)23-32)29-19-21-31(22-20-29)35(30-13-3-2-4-14-30)33-18-16-26-10-6-8-12-28(26)24-33;1-34(33-17-9-13-26-11-7-8-16-32(26)33)28-20-22-30(23-21-28)35(29-14-3-2-4-15-29)31-19-18-25-10-5-6-12-27(25)24-31;1-30(25-12-4-2-5-13-25)26-18-20-28(21-19-26)31(27-14-6-3-7-15-27)29-17-16-23-10-8-9-11-24(23)22-29/h2*2-24H,1H3;2-22H,1H3. The molecule has 0 saturated carbocycles. The Balaban J connectivity index is 0.000000123. The van der Waals surface area contributed by atoms with Gasteiger partial charge >= 0.3 is 0 Å². The lowest BCUT2D eigenvalue weighted by molar-refractivity contribution is 1.20. The minimum Gasteiger partial charge on any atom is -0.345 e. The number of fused-ring (bicyclic) bond motifs is 5. The van der Waals surface area contributed by atoms with Crippen LogP contribution in [0, 0.1) is 0 Å². The fraction of sp³-hybridized carbons (Fsp3) is 0.0316. The predicted octanol–water partition coefficient (Wildman–Crippen LogP) is 26.5. The van der Waals surface area contributed by atoms with E-state index in [1.165, 1.54) is 70.9 Å². The van der Waals surface area contributed by atoms with Gasteiger partial charge in [-0.25, -0.2) is 0 Å². The molecule has 6 nitrogen and oxygen atoms in total. The summed E-state index contributed by atoms with van der Waals surface area (Å²) in [4.78, 5) is 13.6.